The quantitative estimate of drug-likeness (QED) is 0.372. The van der Waals surface area contributed by atoms with Crippen LogP contribution in [-0.2, 0) is 18.3 Å². The first kappa shape index (κ1) is 18.7. The van der Waals surface area contributed by atoms with Crippen LogP contribution in [0.4, 0.5) is 0 Å². The van der Waals surface area contributed by atoms with Gasteiger partial charge in [0.25, 0.3) is 0 Å². The van der Waals surface area contributed by atoms with Crippen LogP contribution >= 0.6 is 27.3 Å². The second kappa shape index (κ2) is 6.88. The molecular formula is C21H20BrN3O3S. The molecule has 1 fully saturated rings. The summed E-state index contributed by atoms with van der Waals surface area (Å²) < 4.78 is 17.2. The van der Waals surface area contributed by atoms with E-state index in [0.717, 1.165) is 34.0 Å². The van der Waals surface area contributed by atoms with E-state index >= 15 is 0 Å². The van der Waals surface area contributed by atoms with Gasteiger partial charge in [-0.2, -0.15) is 0 Å². The van der Waals surface area contributed by atoms with E-state index in [-0.39, 0.29) is 0 Å². The van der Waals surface area contributed by atoms with Gasteiger partial charge in [-0.15, -0.1) is 11.3 Å². The molecule has 0 radical (unpaired) electrons. The molecule has 0 atom stereocenters. The molecule has 5 rings (SSSR count). The maximum Gasteiger partial charge on any atom is 0.338 e. The van der Waals surface area contributed by atoms with Crippen LogP contribution in [0.25, 0.3) is 32.8 Å². The second-order valence-corrected chi connectivity index (χ2v) is 9.18. The van der Waals surface area contributed by atoms with Crippen molar-refractivity contribution in [1.29, 1.82) is 0 Å². The third kappa shape index (κ3) is 2.97. The molecule has 0 amide bonds. The number of halogens is 1. The minimum Gasteiger partial charge on any atom is -0.494 e. The van der Waals surface area contributed by atoms with Crippen molar-refractivity contribution in [3.63, 3.8) is 0 Å². The molecule has 3 heterocycles. The molecule has 4 aromatic rings. The lowest BCUT2D eigenvalue weighted by molar-refractivity contribution is 0.0600. The topological polar surface area (TPSA) is 58.3 Å². The fourth-order valence-electron chi connectivity index (χ4n) is 3.90. The number of imidazole rings is 1. The number of hydrogen-bond acceptors (Lipinski definition) is 5. The summed E-state index contributed by atoms with van der Waals surface area (Å²) in [7, 11) is 4.96. The predicted molar refractivity (Wildman–Crippen MR) is 118 cm³/mol. The smallest absolute Gasteiger partial charge is 0.338 e. The SMILES string of the molecule is COC(=O)c1cc(OC)c2c(c1)nc(-c1cc3scc(Br)c3n1CC1CC1)n2C. The Morgan fingerprint density at radius 1 is 1.28 bits per heavy atom. The van der Waals surface area contributed by atoms with Crippen LogP contribution in [-0.4, -0.2) is 34.3 Å². The molecule has 6 nitrogen and oxygen atoms in total. The number of aryl methyl sites for hydroxylation is 1. The van der Waals surface area contributed by atoms with Gasteiger partial charge in [-0.05, 0) is 52.9 Å². The molecule has 150 valence electrons. The van der Waals surface area contributed by atoms with E-state index in [1.54, 1.807) is 30.6 Å². The Balaban J connectivity index is 1.75. The number of benzene rings is 1. The van der Waals surface area contributed by atoms with Gasteiger partial charge in [0.2, 0.25) is 0 Å². The fourth-order valence-corrected chi connectivity index (χ4v) is 5.59. The molecule has 1 aromatic carbocycles. The summed E-state index contributed by atoms with van der Waals surface area (Å²) in [6.07, 6.45) is 2.56. The molecule has 0 bridgehead atoms. The standard InChI is InChI=1S/C21H20BrN3O3S/c1-24-19-14(6-12(21(26)28-3)7-16(19)27-2)23-20(24)15-8-17-18(13(22)10-29-17)25(15)9-11-4-5-11/h6-8,10-11H,4-5,9H2,1-3H3. The van der Waals surface area contributed by atoms with Crippen molar-refractivity contribution >= 4 is 54.5 Å². The van der Waals surface area contributed by atoms with Gasteiger partial charge in [-0.1, -0.05) is 0 Å². The number of carbonyl (C=O) groups is 1. The van der Waals surface area contributed by atoms with E-state index in [1.807, 2.05) is 11.6 Å². The molecule has 0 N–H and O–H groups in total. The van der Waals surface area contributed by atoms with Gasteiger partial charge in [0.05, 0.1) is 45.7 Å². The average molecular weight is 474 g/mol. The summed E-state index contributed by atoms with van der Waals surface area (Å²) in [5.74, 6) is 1.79. The molecule has 1 aliphatic rings. The van der Waals surface area contributed by atoms with Crippen LogP contribution in [0.5, 0.6) is 5.75 Å². The van der Waals surface area contributed by atoms with Crippen molar-refractivity contribution in [1.82, 2.24) is 14.1 Å². The zero-order chi connectivity index (χ0) is 20.3. The van der Waals surface area contributed by atoms with E-state index in [1.165, 1.54) is 30.2 Å². The number of rotatable bonds is 5. The number of ether oxygens (including phenoxy) is 2. The zero-order valence-corrected chi connectivity index (χ0v) is 18.8. The molecule has 1 saturated carbocycles. The van der Waals surface area contributed by atoms with Crippen molar-refractivity contribution in [3.8, 4) is 17.3 Å². The van der Waals surface area contributed by atoms with Gasteiger partial charge in [0.1, 0.15) is 11.3 Å². The maximum absolute atomic E-state index is 12.1. The predicted octanol–water partition coefficient (Wildman–Crippen LogP) is 5.22. The molecule has 29 heavy (non-hydrogen) atoms. The lowest BCUT2D eigenvalue weighted by Crippen LogP contribution is -2.05. The van der Waals surface area contributed by atoms with E-state index in [4.69, 9.17) is 14.5 Å². The van der Waals surface area contributed by atoms with Crippen LogP contribution in [0.15, 0.2) is 28.1 Å². The Kier molecular flexibility index (Phi) is 4.43. The molecule has 0 aliphatic heterocycles. The number of thiophene rings is 1. The molecular weight excluding hydrogens is 454 g/mol. The van der Waals surface area contributed by atoms with Gasteiger partial charge < -0.3 is 18.6 Å². The highest BCUT2D eigenvalue weighted by atomic mass is 79.9. The summed E-state index contributed by atoms with van der Waals surface area (Å²) in [5.41, 5.74) is 4.31. The van der Waals surface area contributed by atoms with Gasteiger partial charge in [0, 0.05) is 19.0 Å². The van der Waals surface area contributed by atoms with Gasteiger partial charge in [0.15, 0.2) is 5.82 Å². The molecule has 0 unspecified atom stereocenters. The Labute approximate surface area is 180 Å². The Morgan fingerprint density at radius 2 is 2.07 bits per heavy atom. The normalized spacial score (nSPS) is 14.1. The highest BCUT2D eigenvalue weighted by Crippen LogP contribution is 2.41. The Morgan fingerprint density at radius 3 is 2.76 bits per heavy atom. The number of fused-ring (bicyclic) bond motifs is 2. The van der Waals surface area contributed by atoms with E-state index in [9.17, 15) is 4.79 Å². The summed E-state index contributed by atoms with van der Waals surface area (Å²) >= 11 is 5.44. The fraction of sp³-hybridized carbons (Fsp3) is 0.333. The second-order valence-electron chi connectivity index (χ2n) is 7.41. The zero-order valence-electron chi connectivity index (χ0n) is 16.4. The Hall–Kier alpha value is -2.32. The van der Waals surface area contributed by atoms with Crippen LogP contribution in [0.1, 0.15) is 23.2 Å². The van der Waals surface area contributed by atoms with Crippen molar-refractivity contribution < 1.29 is 14.3 Å². The highest BCUT2D eigenvalue weighted by Gasteiger charge is 2.27. The van der Waals surface area contributed by atoms with E-state index in [2.05, 4.69) is 31.9 Å². The number of carbonyl (C=O) groups excluding carboxylic acids is 1. The summed E-state index contributed by atoms with van der Waals surface area (Å²) in [6.45, 7) is 0.988. The van der Waals surface area contributed by atoms with Crippen molar-refractivity contribution in [2.75, 3.05) is 14.2 Å². The highest BCUT2D eigenvalue weighted by molar-refractivity contribution is 9.10. The van der Waals surface area contributed by atoms with E-state index < -0.39 is 5.97 Å². The molecule has 1 aliphatic carbocycles. The minimum absolute atomic E-state index is 0.404. The lowest BCUT2D eigenvalue weighted by Gasteiger charge is -2.11. The third-order valence-electron chi connectivity index (χ3n) is 5.52. The van der Waals surface area contributed by atoms with Crippen LogP contribution in [0, 0.1) is 5.92 Å². The van der Waals surface area contributed by atoms with E-state index in [0.29, 0.717) is 16.8 Å². The minimum atomic E-state index is -0.404. The first-order valence-corrected chi connectivity index (χ1v) is 11.1. The van der Waals surface area contributed by atoms with Crippen molar-refractivity contribution in [3.05, 3.63) is 33.6 Å². The number of methoxy groups -OCH3 is 2. The number of nitrogens with zero attached hydrogens (tertiary/aromatic N) is 3. The summed E-state index contributed by atoms with van der Waals surface area (Å²) in [5, 5.41) is 2.14. The van der Waals surface area contributed by atoms with Crippen molar-refractivity contribution in [2.24, 2.45) is 13.0 Å². The molecule has 0 saturated heterocycles. The molecule has 8 heteroatoms. The largest absolute Gasteiger partial charge is 0.494 e. The van der Waals surface area contributed by atoms with Crippen LogP contribution < -0.4 is 4.74 Å². The monoisotopic (exact) mass is 473 g/mol. The van der Waals surface area contributed by atoms with Crippen LogP contribution in [0.2, 0.25) is 0 Å². The molecule has 0 spiro atoms. The summed E-state index contributed by atoms with van der Waals surface area (Å²) in [4.78, 5) is 17.0. The first-order valence-electron chi connectivity index (χ1n) is 9.41. The van der Waals surface area contributed by atoms with Gasteiger partial charge in [-0.25, -0.2) is 9.78 Å². The van der Waals surface area contributed by atoms with Crippen molar-refractivity contribution in [2.45, 2.75) is 19.4 Å². The lowest BCUT2D eigenvalue weighted by atomic mass is 10.2. The van der Waals surface area contributed by atoms with Gasteiger partial charge >= 0.3 is 5.97 Å². The van der Waals surface area contributed by atoms with Crippen LogP contribution in [0.3, 0.4) is 0 Å². The molecule has 3 aromatic heterocycles. The summed E-state index contributed by atoms with van der Waals surface area (Å²) in [6, 6.07) is 5.68. The first-order chi connectivity index (χ1) is 14.0. The maximum atomic E-state index is 12.1. The number of hydrogen-bond donors (Lipinski definition) is 0. The van der Waals surface area contributed by atoms with Gasteiger partial charge in [-0.3, -0.25) is 0 Å². The average Bonchev–Trinajstić information content (AvgIpc) is 3.25. The number of esters is 1. The Bertz CT molecular complexity index is 1270. The third-order valence-corrected chi connectivity index (χ3v) is 7.35. The number of aromatic nitrogens is 3.